The molecule has 31 heavy (non-hydrogen) atoms. The van der Waals surface area contributed by atoms with Crippen molar-refractivity contribution in [3.8, 4) is 5.75 Å². The van der Waals surface area contributed by atoms with E-state index in [-0.39, 0.29) is 13.2 Å². The number of hydrogen-bond acceptors (Lipinski definition) is 6. The van der Waals surface area contributed by atoms with Gasteiger partial charge in [0.1, 0.15) is 18.5 Å². The Labute approximate surface area is 186 Å². The van der Waals surface area contributed by atoms with Crippen molar-refractivity contribution < 1.29 is 29.3 Å². The van der Waals surface area contributed by atoms with Crippen molar-refractivity contribution in [1.82, 2.24) is 0 Å². The standard InChI is InChI=1S/C23H27NO6S/c1-23(2,12-11-20(26)27)21(16-5-4-6-18(15-16)29-14-13-25)30-22(28)24-17-7-9-19(31-3)10-8-17/h4-12,15,21,25H,13-14H2,1-3H3,(H,24,28)(H,26,27)/b12-11+/t21-/m0/s1. The smallest absolute Gasteiger partial charge is 0.412 e. The molecule has 0 saturated heterocycles. The van der Waals surface area contributed by atoms with Gasteiger partial charge in [0.05, 0.1) is 6.61 Å². The highest BCUT2D eigenvalue weighted by molar-refractivity contribution is 7.98. The summed E-state index contributed by atoms with van der Waals surface area (Å²) in [6, 6.07) is 14.3. The fourth-order valence-corrected chi connectivity index (χ4v) is 3.29. The minimum absolute atomic E-state index is 0.129. The summed E-state index contributed by atoms with van der Waals surface area (Å²) >= 11 is 1.60. The zero-order valence-corrected chi connectivity index (χ0v) is 18.5. The molecular weight excluding hydrogens is 418 g/mol. The Balaban J connectivity index is 2.28. The minimum Gasteiger partial charge on any atom is -0.491 e. The third-order valence-corrected chi connectivity index (χ3v) is 5.16. The van der Waals surface area contributed by atoms with E-state index in [9.17, 15) is 9.59 Å². The number of amides is 1. The number of anilines is 1. The van der Waals surface area contributed by atoms with Gasteiger partial charge in [0, 0.05) is 22.1 Å². The van der Waals surface area contributed by atoms with Crippen LogP contribution in [0.3, 0.4) is 0 Å². The van der Waals surface area contributed by atoms with Crippen LogP contribution in [0.2, 0.25) is 0 Å². The summed E-state index contributed by atoms with van der Waals surface area (Å²) in [6.45, 7) is 3.55. The molecule has 1 atom stereocenters. The molecule has 2 rings (SSSR count). The number of ether oxygens (including phenoxy) is 2. The van der Waals surface area contributed by atoms with Gasteiger partial charge in [-0.15, -0.1) is 11.8 Å². The number of benzene rings is 2. The molecule has 7 nitrogen and oxygen atoms in total. The first kappa shape index (κ1) is 24.3. The molecule has 0 spiro atoms. The number of carbonyl (C=O) groups is 2. The molecule has 166 valence electrons. The molecule has 8 heteroatoms. The van der Waals surface area contributed by atoms with Crippen molar-refractivity contribution in [3.05, 3.63) is 66.2 Å². The molecule has 1 amide bonds. The van der Waals surface area contributed by atoms with Crippen LogP contribution in [-0.4, -0.2) is 41.7 Å². The van der Waals surface area contributed by atoms with Crippen LogP contribution in [0, 0.1) is 5.41 Å². The van der Waals surface area contributed by atoms with E-state index in [2.05, 4.69) is 5.32 Å². The monoisotopic (exact) mass is 445 g/mol. The van der Waals surface area contributed by atoms with Crippen LogP contribution in [0.15, 0.2) is 65.6 Å². The van der Waals surface area contributed by atoms with E-state index in [0.717, 1.165) is 11.0 Å². The lowest BCUT2D eigenvalue weighted by Crippen LogP contribution is -2.28. The first-order valence-electron chi connectivity index (χ1n) is 9.62. The third-order valence-electron chi connectivity index (χ3n) is 4.41. The molecule has 0 aliphatic heterocycles. The van der Waals surface area contributed by atoms with E-state index in [1.807, 2.05) is 18.4 Å². The molecule has 3 N–H and O–H groups in total. The van der Waals surface area contributed by atoms with Gasteiger partial charge in [-0.2, -0.15) is 0 Å². The number of thioether (sulfide) groups is 1. The molecule has 0 radical (unpaired) electrons. The van der Waals surface area contributed by atoms with Gasteiger partial charge in [-0.25, -0.2) is 9.59 Å². The molecule has 0 aliphatic carbocycles. The van der Waals surface area contributed by atoms with Gasteiger partial charge in [-0.05, 0) is 48.2 Å². The highest BCUT2D eigenvalue weighted by Crippen LogP contribution is 2.39. The average Bonchev–Trinajstić information content (AvgIpc) is 2.75. The van der Waals surface area contributed by atoms with Crippen molar-refractivity contribution in [2.24, 2.45) is 5.41 Å². The van der Waals surface area contributed by atoms with Gasteiger partial charge in [0.15, 0.2) is 0 Å². The Morgan fingerprint density at radius 1 is 1.19 bits per heavy atom. The van der Waals surface area contributed by atoms with Gasteiger partial charge in [0.25, 0.3) is 0 Å². The number of carboxylic acid groups (broad SMARTS) is 1. The number of aliphatic hydroxyl groups excluding tert-OH is 1. The Kier molecular flexibility index (Phi) is 8.96. The third kappa shape index (κ3) is 7.66. The number of carboxylic acids is 1. The minimum atomic E-state index is -1.09. The summed E-state index contributed by atoms with van der Waals surface area (Å²) in [6.07, 6.45) is 3.02. The number of aliphatic carboxylic acids is 1. The SMILES string of the molecule is CSc1ccc(NC(=O)O[C@@H](c2cccc(OCCO)c2)C(C)(C)/C=C/C(=O)O)cc1. The van der Waals surface area contributed by atoms with Crippen LogP contribution in [0.4, 0.5) is 10.5 Å². The molecule has 0 heterocycles. The van der Waals surface area contributed by atoms with Crippen LogP contribution < -0.4 is 10.1 Å². The van der Waals surface area contributed by atoms with Crippen molar-refractivity contribution in [1.29, 1.82) is 0 Å². The Bertz CT molecular complexity index is 911. The molecule has 0 bridgehead atoms. The zero-order valence-electron chi connectivity index (χ0n) is 17.7. The predicted octanol–water partition coefficient (Wildman–Crippen LogP) is 4.74. The van der Waals surface area contributed by atoms with E-state index < -0.39 is 23.6 Å². The summed E-state index contributed by atoms with van der Waals surface area (Å²) < 4.78 is 11.2. The Morgan fingerprint density at radius 2 is 1.90 bits per heavy atom. The number of nitrogens with one attached hydrogen (secondary N) is 1. The van der Waals surface area contributed by atoms with Crippen molar-refractivity contribution in [3.63, 3.8) is 0 Å². The highest BCUT2D eigenvalue weighted by atomic mass is 32.2. The largest absolute Gasteiger partial charge is 0.491 e. The molecule has 0 aliphatic rings. The second-order valence-corrected chi connectivity index (χ2v) is 8.16. The normalized spacial score (nSPS) is 12.4. The van der Waals surface area contributed by atoms with Gasteiger partial charge in [0.2, 0.25) is 0 Å². The molecular formula is C23H27NO6S. The predicted molar refractivity (Wildman–Crippen MR) is 121 cm³/mol. The van der Waals surface area contributed by atoms with Gasteiger partial charge >= 0.3 is 12.1 Å². The molecule has 2 aromatic carbocycles. The van der Waals surface area contributed by atoms with E-state index >= 15 is 0 Å². The van der Waals surface area contributed by atoms with Gasteiger partial charge < -0.3 is 19.7 Å². The summed E-state index contributed by atoms with van der Waals surface area (Å²) in [5.41, 5.74) is 0.373. The van der Waals surface area contributed by atoms with Crippen LogP contribution >= 0.6 is 11.8 Å². The first-order chi connectivity index (χ1) is 14.7. The maximum absolute atomic E-state index is 12.6. The molecule has 2 aromatic rings. The van der Waals surface area contributed by atoms with Crippen molar-refractivity contribution >= 4 is 29.5 Å². The molecule has 0 aromatic heterocycles. The lowest BCUT2D eigenvalue weighted by Gasteiger charge is -2.31. The van der Waals surface area contributed by atoms with Crippen LogP contribution in [0.5, 0.6) is 5.75 Å². The van der Waals surface area contributed by atoms with E-state index in [0.29, 0.717) is 17.0 Å². The highest BCUT2D eigenvalue weighted by Gasteiger charge is 2.33. The fraction of sp³-hybridized carbons (Fsp3) is 0.304. The van der Waals surface area contributed by atoms with E-state index in [1.165, 1.54) is 6.08 Å². The quantitative estimate of drug-likeness (QED) is 0.358. The second-order valence-electron chi connectivity index (χ2n) is 7.28. The zero-order chi connectivity index (χ0) is 22.9. The number of aliphatic hydroxyl groups is 1. The maximum atomic E-state index is 12.6. The fourth-order valence-electron chi connectivity index (χ4n) is 2.88. The topological polar surface area (TPSA) is 105 Å². The molecule has 0 fully saturated rings. The van der Waals surface area contributed by atoms with E-state index in [4.69, 9.17) is 19.7 Å². The van der Waals surface area contributed by atoms with Crippen LogP contribution in [0.25, 0.3) is 0 Å². The van der Waals surface area contributed by atoms with Crippen LogP contribution in [0.1, 0.15) is 25.5 Å². The van der Waals surface area contributed by atoms with Crippen LogP contribution in [-0.2, 0) is 9.53 Å². The summed E-state index contributed by atoms with van der Waals surface area (Å²) in [4.78, 5) is 24.8. The summed E-state index contributed by atoms with van der Waals surface area (Å²) in [5, 5.41) is 20.7. The first-order valence-corrected chi connectivity index (χ1v) is 10.8. The Morgan fingerprint density at radius 3 is 2.52 bits per heavy atom. The number of carbonyl (C=O) groups excluding carboxylic acids is 1. The van der Waals surface area contributed by atoms with Gasteiger partial charge in [-0.3, -0.25) is 5.32 Å². The van der Waals surface area contributed by atoms with Crippen molar-refractivity contribution in [2.75, 3.05) is 24.8 Å². The Hall–Kier alpha value is -2.97. The number of rotatable bonds is 10. The molecule has 0 saturated carbocycles. The lowest BCUT2D eigenvalue weighted by molar-refractivity contribution is -0.131. The van der Waals surface area contributed by atoms with Crippen molar-refractivity contribution in [2.45, 2.75) is 24.8 Å². The summed E-state index contributed by atoms with van der Waals surface area (Å²) in [7, 11) is 0. The summed E-state index contributed by atoms with van der Waals surface area (Å²) in [5.74, 6) is -0.587. The average molecular weight is 446 g/mol. The maximum Gasteiger partial charge on any atom is 0.412 e. The second kappa shape index (κ2) is 11.4. The van der Waals surface area contributed by atoms with Gasteiger partial charge in [-0.1, -0.05) is 32.1 Å². The molecule has 0 unspecified atom stereocenters. The number of hydrogen-bond donors (Lipinski definition) is 3. The lowest BCUT2D eigenvalue weighted by atomic mass is 9.82. The van der Waals surface area contributed by atoms with E-state index in [1.54, 1.807) is 62.0 Å².